The van der Waals surface area contributed by atoms with E-state index in [-0.39, 0.29) is 18.1 Å². The van der Waals surface area contributed by atoms with E-state index >= 15 is 0 Å². The summed E-state index contributed by atoms with van der Waals surface area (Å²) >= 11 is 5.81. The quantitative estimate of drug-likeness (QED) is 0.646. The maximum absolute atomic E-state index is 11.4. The van der Waals surface area contributed by atoms with Crippen molar-refractivity contribution >= 4 is 17.6 Å². The first kappa shape index (κ1) is 12.4. The molecule has 1 aromatic carbocycles. The van der Waals surface area contributed by atoms with Crippen LogP contribution in [0.1, 0.15) is 18.9 Å². The number of hydrogen-bond acceptors (Lipinski definition) is 3. The van der Waals surface area contributed by atoms with Crippen LogP contribution in [0.25, 0.3) is 0 Å². The molecule has 1 N–H and O–H groups in total. The lowest BCUT2D eigenvalue weighted by Crippen LogP contribution is -2.15. The molecule has 1 fully saturated rings. The van der Waals surface area contributed by atoms with Gasteiger partial charge in [0.2, 0.25) is 0 Å². The van der Waals surface area contributed by atoms with E-state index in [1.807, 2.05) is 31.2 Å². The third-order valence-corrected chi connectivity index (χ3v) is 3.14. The van der Waals surface area contributed by atoms with Crippen molar-refractivity contribution in [2.24, 2.45) is 0 Å². The van der Waals surface area contributed by atoms with Crippen molar-refractivity contribution in [1.82, 2.24) is 5.32 Å². The standard InChI is InChI=1S/C13H16ClNO2/c1-2-17-13(16)12-11(15-12)8-5-9-3-6-10(14)7-4-9/h3-4,6-7,11-12,15H,2,5,8H2,1H3. The van der Waals surface area contributed by atoms with Gasteiger partial charge in [0.15, 0.2) is 0 Å². The van der Waals surface area contributed by atoms with Gasteiger partial charge in [-0.25, -0.2) is 0 Å². The maximum Gasteiger partial charge on any atom is 0.324 e. The second-order valence-corrected chi connectivity index (χ2v) is 4.60. The topological polar surface area (TPSA) is 48.2 Å². The predicted octanol–water partition coefficient (Wildman–Crippen LogP) is 2.18. The Balaban J connectivity index is 1.74. The second kappa shape index (κ2) is 5.52. The number of ether oxygens (including phenoxy) is 1. The molecule has 2 unspecified atom stereocenters. The number of esters is 1. The normalized spacial score (nSPS) is 22.2. The summed E-state index contributed by atoms with van der Waals surface area (Å²) in [5, 5.41) is 3.89. The fraction of sp³-hybridized carbons (Fsp3) is 0.462. The smallest absolute Gasteiger partial charge is 0.324 e. The van der Waals surface area contributed by atoms with Crippen LogP contribution in [0.3, 0.4) is 0 Å². The van der Waals surface area contributed by atoms with E-state index in [1.54, 1.807) is 0 Å². The summed E-state index contributed by atoms with van der Waals surface area (Å²) in [6.07, 6.45) is 1.90. The minimum Gasteiger partial charge on any atom is -0.465 e. The zero-order valence-electron chi connectivity index (χ0n) is 9.78. The fourth-order valence-electron chi connectivity index (χ4n) is 1.86. The molecule has 1 aromatic rings. The monoisotopic (exact) mass is 253 g/mol. The van der Waals surface area contributed by atoms with Crippen molar-refractivity contribution < 1.29 is 9.53 Å². The summed E-state index contributed by atoms with van der Waals surface area (Å²) in [7, 11) is 0. The van der Waals surface area contributed by atoms with Crippen LogP contribution in [0.15, 0.2) is 24.3 Å². The first-order chi connectivity index (χ1) is 8.20. The van der Waals surface area contributed by atoms with E-state index in [4.69, 9.17) is 16.3 Å². The molecule has 0 radical (unpaired) electrons. The highest BCUT2D eigenvalue weighted by molar-refractivity contribution is 6.30. The van der Waals surface area contributed by atoms with Crippen LogP contribution in [0.2, 0.25) is 5.02 Å². The Bertz CT molecular complexity index is 391. The minimum absolute atomic E-state index is 0.0951. The lowest BCUT2D eigenvalue weighted by atomic mass is 10.1. The molecule has 0 spiro atoms. The van der Waals surface area contributed by atoms with Crippen molar-refractivity contribution in [3.05, 3.63) is 34.9 Å². The van der Waals surface area contributed by atoms with Crippen molar-refractivity contribution in [3.8, 4) is 0 Å². The summed E-state index contributed by atoms with van der Waals surface area (Å²) in [6, 6.07) is 7.99. The Labute approximate surface area is 106 Å². The third-order valence-electron chi connectivity index (χ3n) is 2.88. The Morgan fingerprint density at radius 1 is 1.41 bits per heavy atom. The summed E-state index contributed by atoms with van der Waals surface area (Å²) in [5.41, 5.74) is 1.24. The van der Waals surface area contributed by atoms with Gasteiger partial charge in [-0.2, -0.15) is 0 Å². The SMILES string of the molecule is CCOC(=O)C1NC1CCc1ccc(Cl)cc1. The van der Waals surface area contributed by atoms with Gasteiger partial charge >= 0.3 is 5.97 Å². The fourth-order valence-corrected chi connectivity index (χ4v) is 1.99. The highest BCUT2D eigenvalue weighted by Crippen LogP contribution is 2.19. The molecular weight excluding hydrogens is 238 g/mol. The van der Waals surface area contributed by atoms with E-state index in [2.05, 4.69) is 5.32 Å². The molecule has 1 saturated heterocycles. The van der Waals surface area contributed by atoms with Crippen molar-refractivity contribution in [2.45, 2.75) is 31.8 Å². The van der Waals surface area contributed by atoms with E-state index in [0.717, 1.165) is 17.9 Å². The zero-order valence-corrected chi connectivity index (χ0v) is 10.5. The molecule has 0 bridgehead atoms. The number of nitrogens with one attached hydrogen (secondary N) is 1. The van der Waals surface area contributed by atoms with Crippen LogP contribution < -0.4 is 5.32 Å². The molecule has 17 heavy (non-hydrogen) atoms. The predicted molar refractivity (Wildman–Crippen MR) is 67.1 cm³/mol. The van der Waals surface area contributed by atoms with Crippen LogP contribution in [0.4, 0.5) is 0 Å². The molecule has 1 aliphatic heterocycles. The number of benzene rings is 1. The van der Waals surface area contributed by atoms with Crippen LogP contribution in [0.5, 0.6) is 0 Å². The summed E-state index contributed by atoms with van der Waals surface area (Å²) in [4.78, 5) is 11.4. The maximum atomic E-state index is 11.4. The van der Waals surface area contributed by atoms with Gasteiger partial charge < -0.3 is 4.74 Å². The van der Waals surface area contributed by atoms with Crippen LogP contribution in [0, 0.1) is 0 Å². The van der Waals surface area contributed by atoms with E-state index in [0.29, 0.717) is 6.61 Å². The van der Waals surface area contributed by atoms with Gasteiger partial charge in [0.05, 0.1) is 6.61 Å². The van der Waals surface area contributed by atoms with E-state index in [1.165, 1.54) is 5.56 Å². The van der Waals surface area contributed by atoms with Crippen molar-refractivity contribution in [1.29, 1.82) is 0 Å². The summed E-state index contributed by atoms with van der Waals surface area (Å²) in [5.74, 6) is -0.131. The van der Waals surface area contributed by atoms with Gasteiger partial charge in [0, 0.05) is 11.1 Å². The number of aryl methyl sites for hydroxylation is 1. The zero-order chi connectivity index (χ0) is 12.3. The lowest BCUT2D eigenvalue weighted by Gasteiger charge is -2.00. The molecule has 2 rings (SSSR count). The van der Waals surface area contributed by atoms with Gasteiger partial charge in [-0.1, -0.05) is 23.7 Å². The highest BCUT2D eigenvalue weighted by atomic mass is 35.5. The largest absolute Gasteiger partial charge is 0.465 e. The van der Waals surface area contributed by atoms with E-state index in [9.17, 15) is 4.79 Å². The molecule has 1 heterocycles. The molecule has 4 heteroatoms. The second-order valence-electron chi connectivity index (χ2n) is 4.17. The first-order valence-electron chi connectivity index (χ1n) is 5.88. The molecule has 0 aliphatic carbocycles. The summed E-state index contributed by atoms with van der Waals surface area (Å²) in [6.45, 7) is 2.27. The molecule has 0 saturated carbocycles. The molecule has 0 amide bonds. The van der Waals surface area contributed by atoms with Gasteiger partial charge in [-0.3, -0.25) is 10.1 Å². The van der Waals surface area contributed by atoms with Crippen molar-refractivity contribution in [2.75, 3.05) is 6.61 Å². The molecule has 1 aliphatic rings. The van der Waals surface area contributed by atoms with Gasteiger partial charge in [0.1, 0.15) is 6.04 Å². The van der Waals surface area contributed by atoms with Gasteiger partial charge in [-0.15, -0.1) is 0 Å². The van der Waals surface area contributed by atoms with Crippen LogP contribution in [-0.4, -0.2) is 24.7 Å². The number of carbonyl (C=O) groups is 1. The third kappa shape index (κ3) is 3.45. The Morgan fingerprint density at radius 2 is 2.12 bits per heavy atom. The van der Waals surface area contributed by atoms with Gasteiger partial charge in [-0.05, 0) is 37.5 Å². The van der Waals surface area contributed by atoms with Crippen molar-refractivity contribution in [3.63, 3.8) is 0 Å². The molecule has 2 atom stereocenters. The van der Waals surface area contributed by atoms with Gasteiger partial charge in [0.25, 0.3) is 0 Å². The molecule has 0 aromatic heterocycles. The number of carbonyl (C=O) groups excluding carboxylic acids is 1. The Hall–Kier alpha value is -1.06. The lowest BCUT2D eigenvalue weighted by molar-refractivity contribution is -0.142. The number of hydrogen-bond donors (Lipinski definition) is 1. The van der Waals surface area contributed by atoms with Crippen LogP contribution >= 0.6 is 11.6 Å². The number of rotatable bonds is 5. The van der Waals surface area contributed by atoms with E-state index < -0.39 is 0 Å². The minimum atomic E-state index is -0.131. The Morgan fingerprint density at radius 3 is 2.76 bits per heavy atom. The molecule has 92 valence electrons. The average molecular weight is 254 g/mol. The molecule has 3 nitrogen and oxygen atoms in total. The first-order valence-corrected chi connectivity index (χ1v) is 6.25. The summed E-state index contributed by atoms with van der Waals surface area (Å²) < 4.78 is 4.94. The molecular formula is C13H16ClNO2. The van der Waals surface area contributed by atoms with Crippen LogP contribution in [-0.2, 0) is 16.0 Å². The average Bonchev–Trinajstić information content (AvgIpc) is 3.08. The number of halogens is 1. The Kier molecular flexibility index (Phi) is 4.02. The highest BCUT2D eigenvalue weighted by Gasteiger charge is 2.42.